The summed E-state index contributed by atoms with van der Waals surface area (Å²) in [4.78, 5) is 0. The van der Waals surface area contributed by atoms with Crippen LogP contribution in [0.1, 0.15) is 31.7 Å². The van der Waals surface area contributed by atoms with E-state index >= 15 is 0 Å². The van der Waals surface area contributed by atoms with Gasteiger partial charge in [0.25, 0.3) is 0 Å². The number of rotatable bonds is 4. The number of nitrogens with one attached hydrogen (secondary N) is 1. The summed E-state index contributed by atoms with van der Waals surface area (Å²) in [5, 5.41) is 3.43. The lowest BCUT2D eigenvalue weighted by molar-refractivity contribution is 0.307. The maximum absolute atomic E-state index is 13.5. The maximum Gasteiger partial charge on any atom is 0.137 e. The van der Waals surface area contributed by atoms with Crippen molar-refractivity contribution in [3.63, 3.8) is 0 Å². The zero-order valence-electron chi connectivity index (χ0n) is 11.0. The molecule has 1 aromatic carbocycles. The average Bonchev–Trinajstić information content (AvgIpc) is 2.77. The second kappa shape index (κ2) is 6.16. The molecular formula is C15H21BrFN. The molecule has 100 valence electrons. The van der Waals surface area contributed by atoms with Crippen molar-refractivity contribution >= 4 is 15.9 Å². The molecule has 0 heterocycles. The number of benzene rings is 1. The van der Waals surface area contributed by atoms with Crippen LogP contribution < -0.4 is 5.32 Å². The first-order chi connectivity index (χ1) is 8.63. The molecule has 1 aliphatic carbocycles. The van der Waals surface area contributed by atoms with E-state index in [1.165, 1.54) is 25.3 Å². The van der Waals surface area contributed by atoms with Crippen molar-refractivity contribution in [3.05, 3.63) is 34.1 Å². The first-order valence-corrected chi connectivity index (χ1v) is 7.53. The molecule has 2 rings (SSSR count). The van der Waals surface area contributed by atoms with Crippen LogP contribution in [0.2, 0.25) is 0 Å². The Morgan fingerprint density at radius 1 is 1.44 bits per heavy atom. The Morgan fingerprint density at radius 2 is 2.22 bits per heavy atom. The summed E-state index contributed by atoms with van der Waals surface area (Å²) in [6, 6.07) is 5.75. The second-order valence-electron chi connectivity index (χ2n) is 5.38. The highest BCUT2D eigenvalue weighted by molar-refractivity contribution is 9.10. The Hall–Kier alpha value is -0.410. The topological polar surface area (TPSA) is 12.0 Å². The fourth-order valence-corrected chi connectivity index (χ4v) is 3.61. The summed E-state index contributed by atoms with van der Waals surface area (Å²) >= 11 is 3.36. The van der Waals surface area contributed by atoms with Crippen molar-refractivity contribution < 1.29 is 4.39 Å². The van der Waals surface area contributed by atoms with Gasteiger partial charge < -0.3 is 5.32 Å². The molecule has 0 aromatic heterocycles. The molecule has 1 saturated carbocycles. The summed E-state index contributed by atoms with van der Waals surface area (Å²) in [5.74, 6) is 1.32. The number of halogens is 2. The van der Waals surface area contributed by atoms with Crippen LogP contribution in [0.4, 0.5) is 4.39 Å². The van der Waals surface area contributed by atoms with Crippen molar-refractivity contribution in [2.45, 2.75) is 38.6 Å². The van der Waals surface area contributed by atoms with Crippen LogP contribution in [-0.2, 0) is 6.42 Å². The highest BCUT2D eigenvalue weighted by Crippen LogP contribution is 2.35. The van der Waals surface area contributed by atoms with Gasteiger partial charge in [0.15, 0.2) is 0 Å². The molecule has 1 aromatic rings. The summed E-state index contributed by atoms with van der Waals surface area (Å²) < 4.78 is 14.1. The summed E-state index contributed by atoms with van der Waals surface area (Å²) in [6.45, 7) is 2.34. The Balaban J connectivity index is 2.12. The van der Waals surface area contributed by atoms with Crippen molar-refractivity contribution in [1.29, 1.82) is 0 Å². The van der Waals surface area contributed by atoms with Gasteiger partial charge in [-0.25, -0.2) is 4.39 Å². The minimum Gasteiger partial charge on any atom is -0.316 e. The van der Waals surface area contributed by atoms with Crippen molar-refractivity contribution in [2.75, 3.05) is 7.05 Å². The zero-order valence-corrected chi connectivity index (χ0v) is 12.6. The van der Waals surface area contributed by atoms with Crippen LogP contribution in [-0.4, -0.2) is 13.1 Å². The summed E-state index contributed by atoms with van der Waals surface area (Å²) in [7, 11) is 2.02. The second-order valence-corrected chi connectivity index (χ2v) is 6.18. The first-order valence-electron chi connectivity index (χ1n) is 6.73. The van der Waals surface area contributed by atoms with E-state index in [1.807, 2.05) is 13.1 Å². The van der Waals surface area contributed by atoms with Crippen molar-refractivity contribution in [2.24, 2.45) is 11.8 Å². The minimum atomic E-state index is -0.165. The van der Waals surface area contributed by atoms with Gasteiger partial charge in [-0.15, -0.1) is 0 Å². The number of hydrogen-bond donors (Lipinski definition) is 1. The molecular weight excluding hydrogens is 293 g/mol. The lowest BCUT2D eigenvalue weighted by atomic mass is 9.86. The molecule has 1 nitrogen and oxygen atoms in total. The molecule has 3 heteroatoms. The van der Waals surface area contributed by atoms with Gasteiger partial charge in [-0.05, 0) is 59.3 Å². The fourth-order valence-electron chi connectivity index (χ4n) is 3.18. The fraction of sp³-hybridized carbons (Fsp3) is 0.600. The monoisotopic (exact) mass is 313 g/mol. The van der Waals surface area contributed by atoms with Gasteiger partial charge in [0, 0.05) is 6.04 Å². The Labute approximate surface area is 117 Å². The van der Waals surface area contributed by atoms with Gasteiger partial charge in [0.2, 0.25) is 0 Å². The summed E-state index contributed by atoms with van der Waals surface area (Å²) in [6.07, 6.45) is 4.84. The standard InChI is InChI=1S/C15H21BrFN/c1-10-5-3-7-12(10)14(18-2)9-11-6-4-8-13(17)15(11)16/h4,6,8,10,12,14,18H,3,5,7,9H2,1-2H3. The molecule has 0 saturated heterocycles. The third kappa shape index (κ3) is 2.94. The highest BCUT2D eigenvalue weighted by atomic mass is 79.9. The van der Waals surface area contributed by atoms with Crippen molar-refractivity contribution in [1.82, 2.24) is 5.32 Å². The van der Waals surface area contributed by atoms with E-state index in [2.05, 4.69) is 28.2 Å². The zero-order chi connectivity index (χ0) is 13.1. The van der Waals surface area contributed by atoms with Crippen LogP contribution >= 0.6 is 15.9 Å². The molecule has 0 aliphatic heterocycles. The molecule has 1 N–H and O–H groups in total. The third-order valence-corrected chi connectivity index (χ3v) is 5.17. The predicted octanol–water partition coefficient (Wildman–Crippen LogP) is 4.15. The van der Waals surface area contributed by atoms with Gasteiger partial charge >= 0.3 is 0 Å². The summed E-state index contributed by atoms with van der Waals surface area (Å²) in [5.41, 5.74) is 1.06. The Bertz CT molecular complexity index is 407. The average molecular weight is 314 g/mol. The highest BCUT2D eigenvalue weighted by Gasteiger charge is 2.30. The molecule has 1 fully saturated rings. The van der Waals surface area contributed by atoms with Crippen LogP contribution in [0.15, 0.2) is 22.7 Å². The van der Waals surface area contributed by atoms with E-state index in [-0.39, 0.29) is 5.82 Å². The van der Waals surface area contributed by atoms with E-state index in [0.29, 0.717) is 16.4 Å². The lowest BCUT2D eigenvalue weighted by Crippen LogP contribution is -2.37. The SMILES string of the molecule is CNC(Cc1cccc(F)c1Br)C1CCCC1C. The van der Waals surface area contributed by atoms with Gasteiger partial charge in [-0.2, -0.15) is 0 Å². The van der Waals surface area contributed by atoms with Crippen molar-refractivity contribution in [3.8, 4) is 0 Å². The molecule has 3 unspecified atom stereocenters. The first kappa shape index (κ1) is 14.0. The minimum absolute atomic E-state index is 0.165. The normalized spacial score (nSPS) is 25.3. The van der Waals surface area contributed by atoms with E-state index in [9.17, 15) is 4.39 Å². The molecule has 0 spiro atoms. The molecule has 3 atom stereocenters. The van der Waals surface area contributed by atoms with E-state index < -0.39 is 0 Å². The lowest BCUT2D eigenvalue weighted by Gasteiger charge is -2.27. The smallest absolute Gasteiger partial charge is 0.137 e. The molecule has 0 radical (unpaired) electrons. The maximum atomic E-state index is 13.5. The Morgan fingerprint density at radius 3 is 2.83 bits per heavy atom. The number of likely N-dealkylation sites (N-methyl/N-ethyl adjacent to an activating group) is 1. The van der Waals surface area contributed by atoms with Crippen LogP contribution in [0.25, 0.3) is 0 Å². The van der Waals surface area contributed by atoms with Gasteiger partial charge in [0.05, 0.1) is 4.47 Å². The van der Waals surface area contributed by atoms with E-state index in [4.69, 9.17) is 0 Å². The number of hydrogen-bond acceptors (Lipinski definition) is 1. The van der Waals surface area contributed by atoms with Crippen LogP contribution in [0, 0.1) is 17.7 Å². The predicted molar refractivity (Wildman–Crippen MR) is 77.2 cm³/mol. The van der Waals surface area contributed by atoms with Crippen LogP contribution in [0.3, 0.4) is 0 Å². The van der Waals surface area contributed by atoms with Gasteiger partial charge in [-0.1, -0.05) is 31.9 Å². The molecule has 0 bridgehead atoms. The van der Waals surface area contributed by atoms with Gasteiger partial charge in [-0.3, -0.25) is 0 Å². The largest absolute Gasteiger partial charge is 0.316 e. The molecule has 18 heavy (non-hydrogen) atoms. The van der Waals surface area contributed by atoms with Gasteiger partial charge in [0.1, 0.15) is 5.82 Å². The molecule has 0 amide bonds. The van der Waals surface area contributed by atoms with E-state index in [0.717, 1.165) is 17.9 Å². The van der Waals surface area contributed by atoms with E-state index in [1.54, 1.807) is 6.07 Å². The Kier molecular flexibility index (Phi) is 4.79. The third-order valence-electron chi connectivity index (χ3n) is 4.29. The molecule has 1 aliphatic rings. The van der Waals surface area contributed by atoms with Crippen LogP contribution in [0.5, 0.6) is 0 Å². The quantitative estimate of drug-likeness (QED) is 0.880.